The molecule has 0 aliphatic carbocycles. The van der Waals surface area contributed by atoms with Crippen LogP contribution in [0.3, 0.4) is 0 Å². The van der Waals surface area contributed by atoms with E-state index in [1.807, 2.05) is 24.3 Å². The fourth-order valence-electron chi connectivity index (χ4n) is 1.88. The molecule has 118 valence electrons. The van der Waals surface area contributed by atoms with Gasteiger partial charge in [-0.15, -0.1) is 0 Å². The number of hydrogen-bond donors (Lipinski definition) is 1. The maximum Gasteiger partial charge on any atom is 0.236 e. The van der Waals surface area contributed by atoms with Crippen LogP contribution in [-0.2, 0) is 11.3 Å². The van der Waals surface area contributed by atoms with Gasteiger partial charge in [0.2, 0.25) is 5.91 Å². The second-order valence-corrected chi connectivity index (χ2v) is 5.21. The molecule has 0 saturated carbocycles. The molecule has 1 rings (SSSR count). The Bertz CT molecular complexity index is 418. The Morgan fingerprint density at radius 3 is 2.43 bits per heavy atom. The van der Waals surface area contributed by atoms with Gasteiger partial charge in [0.25, 0.3) is 0 Å². The van der Waals surface area contributed by atoms with Crippen molar-refractivity contribution in [2.45, 2.75) is 19.9 Å². The van der Waals surface area contributed by atoms with E-state index in [1.165, 1.54) is 0 Å². The average molecular weight is 293 g/mol. The lowest BCUT2D eigenvalue weighted by Crippen LogP contribution is -2.37. The van der Waals surface area contributed by atoms with Crippen molar-refractivity contribution in [3.05, 3.63) is 29.8 Å². The number of nitrogens with zero attached hydrogens (tertiary/aromatic N) is 2. The molecule has 5 heteroatoms. The summed E-state index contributed by atoms with van der Waals surface area (Å²) in [4.78, 5) is 15.4. The quantitative estimate of drug-likeness (QED) is 0.698. The van der Waals surface area contributed by atoms with Gasteiger partial charge in [0.1, 0.15) is 5.75 Å². The largest absolute Gasteiger partial charge is 0.494 e. The summed E-state index contributed by atoms with van der Waals surface area (Å²) >= 11 is 0. The number of amides is 1. The van der Waals surface area contributed by atoms with E-state index in [9.17, 15) is 4.79 Å². The maximum absolute atomic E-state index is 11.7. The Labute approximate surface area is 127 Å². The first-order chi connectivity index (χ1) is 10.1. The molecule has 0 unspecified atom stereocenters. The zero-order valence-electron chi connectivity index (χ0n) is 13.3. The van der Waals surface area contributed by atoms with E-state index in [1.54, 1.807) is 19.0 Å². The minimum absolute atomic E-state index is 0.134. The lowest BCUT2D eigenvalue weighted by atomic mass is 10.2. The second-order valence-electron chi connectivity index (χ2n) is 5.21. The Balaban J connectivity index is 2.26. The van der Waals surface area contributed by atoms with Crippen LogP contribution in [-0.4, -0.2) is 56.0 Å². The van der Waals surface area contributed by atoms with Crippen LogP contribution in [0.5, 0.6) is 5.75 Å². The van der Waals surface area contributed by atoms with Crippen molar-refractivity contribution in [2.75, 3.05) is 40.3 Å². The van der Waals surface area contributed by atoms with Crippen LogP contribution in [0.2, 0.25) is 0 Å². The Morgan fingerprint density at radius 1 is 1.24 bits per heavy atom. The zero-order valence-corrected chi connectivity index (χ0v) is 13.3. The van der Waals surface area contributed by atoms with Gasteiger partial charge in [0, 0.05) is 27.2 Å². The van der Waals surface area contributed by atoms with Gasteiger partial charge in [-0.2, -0.15) is 0 Å². The molecule has 21 heavy (non-hydrogen) atoms. The smallest absolute Gasteiger partial charge is 0.236 e. The van der Waals surface area contributed by atoms with Crippen LogP contribution in [0.1, 0.15) is 18.9 Å². The minimum Gasteiger partial charge on any atom is -0.494 e. The van der Waals surface area contributed by atoms with Gasteiger partial charge in [0.05, 0.1) is 13.2 Å². The van der Waals surface area contributed by atoms with E-state index in [-0.39, 0.29) is 5.91 Å². The van der Waals surface area contributed by atoms with Gasteiger partial charge in [-0.05, 0) is 30.7 Å². The zero-order chi connectivity index (χ0) is 15.7. The molecular formula is C16H27N3O2. The number of ether oxygens (including phenoxy) is 1. The summed E-state index contributed by atoms with van der Waals surface area (Å²) in [5, 5.41) is 0. The van der Waals surface area contributed by atoms with Crippen LogP contribution in [0, 0.1) is 0 Å². The second kappa shape index (κ2) is 9.37. The lowest BCUT2D eigenvalue weighted by Gasteiger charge is -2.21. The van der Waals surface area contributed by atoms with Crippen LogP contribution >= 0.6 is 0 Å². The standard InChI is InChI=1S/C16H27N3O2/c1-4-19(13-16(20)18(2)3)10-5-11-21-15-8-6-14(12-17)7-9-15/h6-9H,4-5,10-13,17H2,1-3H3. The Morgan fingerprint density at radius 2 is 1.90 bits per heavy atom. The summed E-state index contributed by atoms with van der Waals surface area (Å²) in [6, 6.07) is 7.83. The highest BCUT2D eigenvalue weighted by Crippen LogP contribution is 2.12. The number of likely N-dealkylation sites (N-methyl/N-ethyl adjacent to an activating group) is 2. The topological polar surface area (TPSA) is 58.8 Å². The van der Waals surface area contributed by atoms with E-state index in [0.717, 1.165) is 30.8 Å². The molecule has 0 saturated heterocycles. The third-order valence-electron chi connectivity index (χ3n) is 3.35. The summed E-state index contributed by atoms with van der Waals surface area (Å²) in [6.45, 7) is 5.45. The molecule has 0 atom stereocenters. The van der Waals surface area contributed by atoms with Crippen molar-refractivity contribution < 1.29 is 9.53 Å². The predicted molar refractivity (Wildman–Crippen MR) is 85.3 cm³/mol. The van der Waals surface area contributed by atoms with Gasteiger partial charge in [-0.3, -0.25) is 9.69 Å². The van der Waals surface area contributed by atoms with Crippen molar-refractivity contribution in [2.24, 2.45) is 5.73 Å². The first-order valence-electron chi connectivity index (χ1n) is 7.41. The van der Waals surface area contributed by atoms with Crippen molar-refractivity contribution in [1.29, 1.82) is 0 Å². The van der Waals surface area contributed by atoms with Gasteiger partial charge >= 0.3 is 0 Å². The van der Waals surface area contributed by atoms with E-state index in [0.29, 0.717) is 19.7 Å². The summed E-state index contributed by atoms with van der Waals surface area (Å²) in [6.07, 6.45) is 0.896. The molecule has 0 aliphatic rings. The molecule has 1 aromatic carbocycles. The van der Waals surface area contributed by atoms with Crippen LogP contribution in [0.25, 0.3) is 0 Å². The van der Waals surface area contributed by atoms with Crippen molar-refractivity contribution in [1.82, 2.24) is 9.80 Å². The van der Waals surface area contributed by atoms with E-state index in [2.05, 4.69) is 11.8 Å². The van der Waals surface area contributed by atoms with Crippen molar-refractivity contribution >= 4 is 5.91 Å². The Kier molecular flexibility index (Phi) is 7.79. The molecule has 0 heterocycles. The molecule has 0 aliphatic heterocycles. The van der Waals surface area contributed by atoms with Gasteiger partial charge in [-0.25, -0.2) is 0 Å². The molecule has 2 N–H and O–H groups in total. The van der Waals surface area contributed by atoms with Gasteiger partial charge in [-0.1, -0.05) is 19.1 Å². The highest BCUT2D eigenvalue weighted by Gasteiger charge is 2.10. The summed E-state index contributed by atoms with van der Waals surface area (Å²) in [5.41, 5.74) is 6.65. The fraction of sp³-hybridized carbons (Fsp3) is 0.562. The normalized spacial score (nSPS) is 10.7. The number of carbonyl (C=O) groups is 1. The summed E-state index contributed by atoms with van der Waals surface area (Å²) in [5.74, 6) is 0.995. The summed E-state index contributed by atoms with van der Waals surface area (Å²) < 4.78 is 5.69. The summed E-state index contributed by atoms with van der Waals surface area (Å²) in [7, 11) is 3.56. The number of benzene rings is 1. The van der Waals surface area contributed by atoms with E-state index >= 15 is 0 Å². The SMILES string of the molecule is CCN(CCCOc1ccc(CN)cc1)CC(=O)N(C)C. The van der Waals surface area contributed by atoms with Gasteiger partial charge in [0.15, 0.2) is 0 Å². The number of rotatable bonds is 9. The van der Waals surface area contributed by atoms with Crippen LogP contribution < -0.4 is 10.5 Å². The molecular weight excluding hydrogens is 266 g/mol. The van der Waals surface area contributed by atoms with Crippen molar-refractivity contribution in [3.8, 4) is 5.75 Å². The fourth-order valence-corrected chi connectivity index (χ4v) is 1.88. The average Bonchev–Trinajstić information content (AvgIpc) is 2.50. The lowest BCUT2D eigenvalue weighted by molar-refractivity contribution is -0.129. The minimum atomic E-state index is 0.134. The van der Waals surface area contributed by atoms with E-state index < -0.39 is 0 Å². The van der Waals surface area contributed by atoms with Gasteiger partial charge < -0.3 is 15.4 Å². The number of nitrogens with two attached hydrogens (primary N) is 1. The first-order valence-corrected chi connectivity index (χ1v) is 7.41. The number of hydrogen-bond acceptors (Lipinski definition) is 4. The predicted octanol–water partition coefficient (Wildman–Crippen LogP) is 1.32. The Hall–Kier alpha value is -1.59. The molecule has 0 radical (unpaired) electrons. The maximum atomic E-state index is 11.7. The highest BCUT2D eigenvalue weighted by atomic mass is 16.5. The highest BCUT2D eigenvalue weighted by molar-refractivity contribution is 5.77. The first kappa shape index (κ1) is 17.5. The molecule has 5 nitrogen and oxygen atoms in total. The number of carbonyl (C=O) groups excluding carboxylic acids is 1. The molecule has 0 aromatic heterocycles. The molecule has 0 fully saturated rings. The third kappa shape index (κ3) is 6.60. The van der Waals surface area contributed by atoms with E-state index in [4.69, 9.17) is 10.5 Å². The third-order valence-corrected chi connectivity index (χ3v) is 3.35. The van der Waals surface area contributed by atoms with Crippen molar-refractivity contribution in [3.63, 3.8) is 0 Å². The monoisotopic (exact) mass is 293 g/mol. The molecule has 1 amide bonds. The van der Waals surface area contributed by atoms with Crippen LogP contribution in [0.15, 0.2) is 24.3 Å². The molecule has 0 bridgehead atoms. The van der Waals surface area contributed by atoms with Crippen LogP contribution in [0.4, 0.5) is 0 Å². The molecule has 0 spiro atoms. The molecule has 1 aromatic rings.